The summed E-state index contributed by atoms with van der Waals surface area (Å²) in [6.45, 7) is 6.24. The van der Waals surface area contributed by atoms with Crippen LogP contribution in [0.25, 0.3) is 0 Å². The van der Waals surface area contributed by atoms with E-state index in [0.29, 0.717) is 19.4 Å². The molecule has 0 aliphatic carbocycles. The normalized spacial score (nSPS) is 30.9. The second-order valence-corrected chi connectivity index (χ2v) is 5.58. The number of rotatable bonds is 0. The highest BCUT2D eigenvalue weighted by Gasteiger charge is 2.44. The molecule has 1 amide bonds. The highest BCUT2D eigenvalue weighted by atomic mass is 16.4. The van der Waals surface area contributed by atoms with Crippen LogP contribution in [0.3, 0.4) is 0 Å². The second-order valence-electron chi connectivity index (χ2n) is 5.58. The zero-order valence-corrected chi connectivity index (χ0v) is 10.0. The summed E-state index contributed by atoms with van der Waals surface area (Å²) in [5.41, 5.74) is 4.83. The molecule has 1 rings (SSSR count). The lowest BCUT2D eigenvalue weighted by molar-refractivity contribution is 0.0430. The molecule has 16 heavy (non-hydrogen) atoms. The summed E-state index contributed by atoms with van der Waals surface area (Å²) in [7, 11) is 0. The van der Waals surface area contributed by atoms with Crippen LogP contribution in [-0.4, -0.2) is 34.2 Å². The Morgan fingerprint density at radius 3 is 2.56 bits per heavy atom. The number of carboxylic acid groups (broad SMARTS) is 1. The Balaban J connectivity index is 2.96. The van der Waals surface area contributed by atoms with E-state index in [1.54, 1.807) is 0 Å². The third kappa shape index (κ3) is 2.45. The van der Waals surface area contributed by atoms with Gasteiger partial charge in [0, 0.05) is 12.6 Å². The second kappa shape index (κ2) is 3.95. The Hall–Kier alpha value is -1.28. The van der Waals surface area contributed by atoms with Crippen molar-refractivity contribution in [2.45, 2.75) is 45.2 Å². The number of amides is 1. The van der Waals surface area contributed by atoms with Gasteiger partial charge in [-0.2, -0.15) is 5.26 Å². The lowest BCUT2D eigenvalue weighted by Gasteiger charge is -2.46. The molecule has 0 radical (unpaired) electrons. The molecule has 0 aromatic rings. The van der Waals surface area contributed by atoms with Gasteiger partial charge in [-0.05, 0) is 18.3 Å². The van der Waals surface area contributed by atoms with Crippen LogP contribution in [0.2, 0.25) is 0 Å². The van der Waals surface area contributed by atoms with E-state index in [-0.39, 0.29) is 11.5 Å². The van der Waals surface area contributed by atoms with Crippen LogP contribution in [0.4, 0.5) is 4.79 Å². The summed E-state index contributed by atoms with van der Waals surface area (Å²) in [4.78, 5) is 12.5. The molecule has 90 valence electrons. The van der Waals surface area contributed by atoms with Gasteiger partial charge in [-0.15, -0.1) is 0 Å². The van der Waals surface area contributed by atoms with Gasteiger partial charge in [0.15, 0.2) is 0 Å². The number of carbonyl (C=O) groups is 1. The maximum Gasteiger partial charge on any atom is 0.407 e. The van der Waals surface area contributed by atoms with E-state index in [4.69, 9.17) is 16.1 Å². The van der Waals surface area contributed by atoms with E-state index in [0.717, 1.165) is 0 Å². The lowest BCUT2D eigenvalue weighted by Crippen LogP contribution is -2.59. The maximum absolute atomic E-state index is 11.1. The van der Waals surface area contributed by atoms with Crippen LogP contribution < -0.4 is 5.73 Å². The van der Waals surface area contributed by atoms with Crippen LogP contribution in [0.5, 0.6) is 0 Å². The van der Waals surface area contributed by atoms with Gasteiger partial charge >= 0.3 is 6.09 Å². The number of piperidine rings is 1. The van der Waals surface area contributed by atoms with Gasteiger partial charge in [0.1, 0.15) is 5.54 Å². The minimum Gasteiger partial charge on any atom is -0.465 e. The molecule has 1 fully saturated rings. The van der Waals surface area contributed by atoms with Gasteiger partial charge in [0.2, 0.25) is 0 Å². The molecule has 1 saturated heterocycles. The van der Waals surface area contributed by atoms with E-state index in [2.05, 4.69) is 6.07 Å². The molecule has 0 spiro atoms. The van der Waals surface area contributed by atoms with E-state index >= 15 is 0 Å². The zero-order valence-electron chi connectivity index (χ0n) is 10.0. The fraction of sp³-hybridized carbons (Fsp3) is 0.818. The topological polar surface area (TPSA) is 90.4 Å². The smallest absolute Gasteiger partial charge is 0.407 e. The molecule has 1 aliphatic heterocycles. The van der Waals surface area contributed by atoms with Crippen LogP contribution in [-0.2, 0) is 0 Å². The molecule has 2 atom stereocenters. The van der Waals surface area contributed by atoms with Crippen molar-refractivity contribution in [3.05, 3.63) is 0 Å². The van der Waals surface area contributed by atoms with E-state index in [9.17, 15) is 4.79 Å². The Labute approximate surface area is 95.8 Å². The van der Waals surface area contributed by atoms with Gasteiger partial charge < -0.3 is 15.7 Å². The molecule has 1 aliphatic rings. The Bertz CT molecular complexity index is 329. The van der Waals surface area contributed by atoms with Crippen LogP contribution in [0.1, 0.15) is 33.6 Å². The van der Waals surface area contributed by atoms with E-state index in [1.165, 1.54) is 4.90 Å². The lowest BCUT2D eigenvalue weighted by atomic mass is 9.74. The number of hydrogen-bond donors (Lipinski definition) is 2. The van der Waals surface area contributed by atoms with Crippen molar-refractivity contribution in [1.82, 2.24) is 4.90 Å². The predicted molar refractivity (Wildman–Crippen MR) is 59.7 cm³/mol. The molecule has 0 aromatic heterocycles. The van der Waals surface area contributed by atoms with Gasteiger partial charge in [-0.1, -0.05) is 20.8 Å². The van der Waals surface area contributed by atoms with Crippen molar-refractivity contribution >= 4 is 6.09 Å². The Morgan fingerprint density at radius 2 is 2.19 bits per heavy atom. The fourth-order valence-electron chi connectivity index (χ4n) is 2.14. The molecule has 0 saturated carbocycles. The van der Waals surface area contributed by atoms with Gasteiger partial charge in [-0.3, -0.25) is 0 Å². The van der Waals surface area contributed by atoms with Crippen molar-refractivity contribution in [1.29, 1.82) is 5.26 Å². The maximum atomic E-state index is 11.1. The van der Waals surface area contributed by atoms with Crippen molar-refractivity contribution in [3.8, 4) is 6.07 Å². The minimum absolute atomic E-state index is 0.205. The Kier molecular flexibility index (Phi) is 3.15. The number of nitriles is 1. The molecule has 1 heterocycles. The minimum atomic E-state index is -0.931. The molecule has 5 nitrogen and oxygen atoms in total. The van der Waals surface area contributed by atoms with Crippen LogP contribution in [0, 0.1) is 16.7 Å². The largest absolute Gasteiger partial charge is 0.465 e. The molecular formula is C11H19N3O2. The summed E-state index contributed by atoms with van der Waals surface area (Å²) in [5.74, 6) is 0. The summed E-state index contributed by atoms with van der Waals surface area (Å²) in [6.07, 6.45) is -0.123. The summed E-state index contributed by atoms with van der Waals surface area (Å²) in [6, 6.07) is 1.89. The standard InChI is InChI=1S/C11H19N3O2/c1-10(2,3)8-6-11(13,7-12)4-5-14(8)9(15)16/h8H,4-6,13H2,1-3H3,(H,15,16). The average Bonchev–Trinajstić information content (AvgIpc) is 2.16. The molecule has 5 heteroatoms. The predicted octanol–water partition coefficient (Wildman–Crippen LogP) is 1.40. The highest BCUT2D eigenvalue weighted by molar-refractivity contribution is 5.66. The molecule has 2 unspecified atom stereocenters. The third-order valence-electron chi connectivity index (χ3n) is 3.20. The summed E-state index contributed by atoms with van der Waals surface area (Å²) < 4.78 is 0. The Morgan fingerprint density at radius 1 is 1.62 bits per heavy atom. The first-order chi connectivity index (χ1) is 7.19. The van der Waals surface area contributed by atoms with Crippen molar-refractivity contribution in [2.24, 2.45) is 11.1 Å². The SMILES string of the molecule is CC(C)(C)C1CC(N)(C#N)CCN1C(=O)O. The van der Waals surface area contributed by atoms with E-state index in [1.807, 2.05) is 20.8 Å². The van der Waals surface area contributed by atoms with Gasteiger partial charge in [0.05, 0.1) is 6.07 Å². The van der Waals surface area contributed by atoms with Gasteiger partial charge in [-0.25, -0.2) is 4.79 Å². The molecule has 0 aromatic carbocycles. The first-order valence-corrected chi connectivity index (χ1v) is 5.39. The number of hydrogen-bond acceptors (Lipinski definition) is 3. The first kappa shape index (κ1) is 12.8. The number of nitrogens with zero attached hydrogens (tertiary/aromatic N) is 2. The highest BCUT2D eigenvalue weighted by Crippen LogP contribution is 2.35. The van der Waals surface area contributed by atoms with Gasteiger partial charge in [0.25, 0.3) is 0 Å². The van der Waals surface area contributed by atoms with Crippen molar-refractivity contribution < 1.29 is 9.90 Å². The van der Waals surface area contributed by atoms with Crippen LogP contribution >= 0.6 is 0 Å². The first-order valence-electron chi connectivity index (χ1n) is 5.39. The zero-order chi connectivity index (χ0) is 12.6. The van der Waals surface area contributed by atoms with Crippen molar-refractivity contribution in [3.63, 3.8) is 0 Å². The molecule has 0 bridgehead atoms. The molecular weight excluding hydrogens is 206 g/mol. The molecule has 3 N–H and O–H groups in total. The number of nitrogens with two attached hydrogens (primary N) is 1. The fourth-order valence-corrected chi connectivity index (χ4v) is 2.14. The van der Waals surface area contributed by atoms with Crippen molar-refractivity contribution in [2.75, 3.05) is 6.54 Å². The third-order valence-corrected chi connectivity index (χ3v) is 3.20. The van der Waals surface area contributed by atoms with Crippen LogP contribution in [0.15, 0.2) is 0 Å². The number of likely N-dealkylation sites (tertiary alicyclic amines) is 1. The summed E-state index contributed by atoms with van der Waals surface area (Å²) >= 11 is 0. The summed E-state index contributed by atoms with van der Waals surface area (Å²) in [5, 5.41) is 18.1. The monoisotopic (exact) mass is 225 g/mol. The quantitative estimate of drug-likeness (QED) is 0.652. The average molecular weight is 225 g/mol. The van der Waals surface area contributed by atoms with E-state index < -0.39 is 11.6 Å².